The Morgan fingerprint density at radius 2 is 1.21 bits per heavy atom. The predicted molar refractivity (Wildman–Crippen MR) is 176 cm³/mol. The highest BCUT2D eigenvalue weighted by atomic mass is 16.3. The first kappa shape index (κ1) is 23.8. The summed E-state index contributed by atoms with van der Waals surface area (Å²) in [6, 6.07) is 46.6. The molecule has 0 unspecified atom stereocenters. The number of anilines is 3. The molecular weight excluding hydrogens is 528 g/mol. The third-order valence-corrected chi connectivity index (χ3v) is 8.33. The number of furan rings is 2. The lowest BCUT2D eigenvalue weighted by atomic mass is 10.0. The van der Waals surface area contributed by atoms with Gasteiger partial charge < -0.3 is 13.7 Å². The molecular formula is C39H24N2O2. The molecule has 9 aromatic rings. The zero-order valence-corrected chi connectivity index (χ0v) is 23.1. The van der Waals surface area contributed by atoms with Crippen LogP contribution in [0.15, 0.2) is 155 Å². The predicted octanol–water partition coefficient (Wildman–Crippen LogP) is 11.2. The summed E-state index contributed by atoms with van der Waals surface area (Å²) in [4.78, 5) is 6.63. The Kier molecular flexibility index (Phi) is 5.16. The van der Waals surface area contributed by atoms with Crippen LogP contribution in [-0.4, -0.2) is 4.98 Å². The lowest BCUT2D eigenvalue weighted by Crippen LogP contribution is -2.09. The largest absolute Gasteiger partial charge is 0.456 e. The summed E-state index contributed by atoms with van der Waals surface area (Å²) in [5.41, 5.74) is 8.95. The van der Waals surface area contributed by atoms with E-state index < -0.39 is 0 Å². The van der Waals surface area contributed by atoms with Crippen LogP contribution in [0.25, 0.3) is 65.8 Å². The molecule has 3 heterocycles. The maximum Gasteiger partial charge on any atom is 0.144 e. The highest BCUT2D eigenvalue weighted by molar-refractivity contribution is 6.15. The molecule has 0 fully saturated rings. The van der Waals surface area contributed by atoms with E-state index in [9.17, 15) is 0 Å². The van der Waals surface area contributed by atoms with Crippen molar-refractivity contribution in [3.63, 3.8) is 0 Å². The van der Waals surface area contributed by atoms with Crippen molar-refractivity contribution in [2.45, 2.75) is 0 Å². The van der Waals surface area contributed by atoms with Crippen LogP contribution in [0.1, 0.15) is 0 Å². The minimum atomic E-state index is 0.867. The SMILES string of the molecule is c1ccc(N(c2cccc(-c3ccc4c(c3)oc3c5cnccc5ccc43)c2)c2ccc3oc4ccccc4c3c2)cc1. The molecule has 0 aliphatic rings. The number of rotatable bonds is 4. The van der Waals surface area contributed by atoms with Gasteiger partial charge in [-0.2, -0.15) is 0 Å². The van der Waals surface area contributed by atoms with Gasteiger partial charge in [0, 0.05) is 56.4 Å². The summed E-state index contributed by atoms with van der Waals surface area (Å²) >= 11 is 0. The van der Waals surface area contributed by atoms with Gasteiger partial charge in [0.2, 0.25) is 0 Å². The quantitative estimate of drug-likeness (QED) is 0.218. The van der Waals surface area contributed by atoms with Crippen LogP contribution in [0.4, 0.5) is 17.1 Å². The minimum absolute atomic E-state index is 0.867. The Morgan fingerprint density at radius 1 is 0.442 bits per heavy atom. The Morgan fingerprint density at radius 3 is 2.16 bits per heavy atom. The smallest absolute Gasteiger partial charge is 0.144 e. The van der Waals surface area contributed by atoms with E-state index in [4.69, 9.17) is 8.83 Å². The zero-order valence-electron chi connectivity index (χ0n) is 23.1. The number of hydrogen-bond donors (Lipinski definition) is 0. The molecule has 0 radical (unpaired) electrons. The van der Waals surface area contributed by atoms with E-state index in [1.807, 2.05) is 36.7 Å². The normalized spacial score (nSPS) is 11.7. The molecule has 0 aliphatic carbocycles. The molecule has 43 heavy (non-hydrogen) atoms. The lowest BCUT2D eigenvalue weighted by Gasteiger charge is -2.26. The van der Waals surface area contributed by atoms with E-state index in [1.54, 1.807) is 0 Å². The second-order valence-corrected chi connectivity index (χ2v) is 10.9. The Balaban J connectivity index is 1.19. The second kappa shape index (κ2) is 9.33. The minimum Gasteiger partial charge on any atom is -0.456 e. The van der Waals surface area contributed by atoms with Crippen LogP contribution in [-0.2, 0) is 0 Å². The molecule has 0 aliphatic heterocycles. The van der Waals surface area contributed by atoms with Gasteiger partial charge in [0.25, 0.3) is 0 Å². The molecule has 6 aromatic carbocycles. The molecule has 0 atom stereocenters. The fourth-order valence-electron chi connectivity index (χ4n) is 6.28. The van der Waals surface area contributed by atoms with Crippen LogP contribution in [0.3, 0.4) is 0 Å². The average molecular weight is 553 g/mol. The second-order valence-electron chi connectivity index (χ2n) is 10.9. The third-order valence-electron chi connectivity index (χ3n) is 8.33. The summed E-state index contributed by atoms with van der Waals surface area (Å²) in [6.45, 7) is 0. The van der Waals surface area contributed by atoms with Gasteiger partial charge in [0.15, 0.2) is 0 Å². The number of pyridine rings is 1. The van der Waals surface area contributed by atoms with E-state index in [0.29, 0.717) is 0 Å². The topological polar surface area (TPSA) is 42.4 Å². The highest BCUT2D eigenvalue weighted by Crippen LogP contribution is 2.41. The van der Waals surface area contributed by atoms with Gasteiger partial charge >= 0.3 is 0 Å². The van der Waals surface area contributed by atoms with Crippen LogP contribution in [0.5, 0.6) is 0 Å². The maximum absolute atomic E-state index is 6.45. The first-order valence-corrected chi connectivity index (χ1v) is 14.4. The van der Waals surface area contributed by atoms with Crippen molar-refractivity contribution in [2.24, 2.45) is 0 Å². The summed E-state index contributed by atoms with van der Waals surface area (Å²) in [7, 11) is 0. The molecule has 0 amide bonds. The number of aromatic nitrogens is 1. The van der Waals surface area contributed by atoms with Crippen molar-refractivity contribution in [2.75, 3.05) is 4.90 Å². The molecule has 0 saturated carbocycles. The lowest BCUT2D eigenvalue weighted by molar-refractivity contribution is 0.669. The van der Waals surface area contributed by atoms with Gasteiger partial charge in [-0.25, -0.2) is 0 Å². The number of para-hydroxylation sites is 2. The fourth-order valence-corrected chi connectivity index (χ4v) is 6.28. The number of benzene rings is 6. The molecule has 0 bridgehead atoms. The molecule has 0 saturated heterocycles. The van der Waals surface area contributed by atoms with Gasteiger partial charge in [-0.05, 0) is 89.3 Å². The molecule has 202 valence electrons. The number of nitrogens with zero attached hydrogens (tertiary/aromatic N) is 2. The third kappa shape index (κ3) is 3.81. The van der Waals surface area contributed by atoms with E-state index in [2.05, 4.69) is 119 Å². The number of fused-ring (bicyclic) bond motifs is 8. The maximum atomic E-state index is 6.45. The van der Waals surface area contributed by atoms with Crippen molar-refractivity contribution in [3.8, 4) is 11.1 Å². The molecule has 4 heteroatoms. The van der Waals surface area contributed by atoms with Crippen molar-refractivity contribution >= 4 is 71.7 Å². The van der Waals surface area contributed by atoms with E-state index in [0.717, 1.165) is 82.8 Å². The van der Waals surface area contributed by atoms with E-state index in [1.165, 1.54) is 0 Å². The average Bonchev–Trinajstić information content (AvgIpc) is 3.63. The summed E-state index contributed by atoms with van der Waals surface area (Å²) in [5, 5.41) is 6.57. The Hall–Kier alpha value is -5.87. The molecule has 4 nitrogen and oxygen atoms in total. The molecule has 9 rings (SSSR count). The molecule has 3 aromatic heterocycles. The molecule has 0 spiro atoms. The van der Waals surface area contributed by atoms with Crippen molar-refractivity contribution < 1.29 is 8.83 Å². The monoisotopic (exact) mass is 552 g/mol. The first-order valence-electron chi connectivity index (χ1n) is 14.4. The fraction of sp³-hybridized carbons (Fsp3) is 0. The first-order chi connectivity index (χ1) is 21.3. The van der Waals surface area contributed by atoms with Gasteiger partial charge in [-0.15, -0.1) is 0 Å². The van der Waals surface area contributed by atoms with Crippen LogP contribution >= 0.6 is 0 Å². The van der Waals surface area contributed by atoms with Crippen molar-refractivity contribution in [1.82, 2.24) is 4.98 Å². The summed E-state index contributed by atoms with van der Waals surface area (Å²) in [6.07, 6.45) is 3.70. The van der Waals surface area contributed by atoms with Crippen LogP contribution in [0.2, 0.25) is 0 Å². The number of hydrogen-bond acceptors (Lipinski definition) is 4. The standard InChI is InChI=1S/C39H24N2O2/c1-2-8-28(9-3-1)41(30-15-18-37-34(23-30)31-11-4-5-12-36(31)42-37)29-10-6-7-26(21-29)27-14-16-32-33-17-13-25-19-20-40-24-35(25)39(33)43-38(32)22-27/h1-24H. The Bertz CT molecular complexity index is 2470. The van der Waals surface area contributed by atoms with Gasteiger partial charge in [0.05, 0.1) is 0 Å². The summed E-state index contributed by atoms with van der Waals surface area (Å²) < 4.78 is 12.6. The Labute approximate surface area is 247 Å². The van der Waals surface area contributed by atoms with Crippen molar-refractivity contribution in [1.29, 1.82) is 0 Å². The summed E-state index contributed by atoms with van der Waals surface area (Å²) in [5.74, 6) is 0. The molecule has 0 N–H and O–H groups in total. The van der Waals surface area contributed by atoms with Gasteiger partial charge in [-0.1, -0.05) is 60.7 Å². The zero-order chi connectivity index (χ0) is 28.3. The van der Waals surface area contributed by atoms with Crippen molar-refractivity contribution in [3.05, 3.63) is 146 Å². The van der Waals surface area contributed by atoms with Gasteiger partial charge in [-0.3, -0.25) is 4.98 Å². The van der Waals surface area contributed by atoms with Gasteiger partial charge in [0.1, 0.15) is 22.3 Å². The van der Waals surface area contributed by atoms with E-state index in [-0.39, 0.29) is 0 Å². The highest BCUT2D eigenvalue weighted by Gasteiger charge is 2.17. The van der Waals surface area contributed by atoms with E-state index >= 15 is 0 Å². The van der Waals surface area contributed by atoms with Crippen LogP contribution in [0, 0.1) is 0 Å². The van der Waals surface area contributed by atoms with Crippen LogP contribution < -0.4 is 4.90 Å².